The van der Waals surface area contributed by atoms with Gasteiger partial charge in [0.25, 0.3) is 0 Å². The molecule has 100 valence electrons. The Labute approximate surface area is 110 Å². The minimum absolute atomic E-state index is 0.0659. The summed E-state index contributed by atoms with van der Waals surface area (Å²) in [5.41, 5.74) is 1.10. The van der Waals surface area contributed by atoms with Crippen LogP contribution in [0, 0.1) is 0 Å². The lowest BCUT2D eigenvalue weighted by molar-refractivity contribution is 0.414. The van der Waals surface area contributed by atoms with Crippen molar-refractivity contribution in [3.8, 4) is 0 Å². The van der Waals surface area contributed by atoms with Crippen LogP contribution in [0.1, 0.15) is 45.7 Å². The second-order valence-electron chi connectivity index (χ2n) is 6.08. The quantitative estimate of drug-likeness (QED) is 0.862. The van der Waals surface area contributed by atoms with Crippen molar-refractivity contribution in [3.05, 3.63) is 17.8 Å². The Hall–Kier alpha value is -1.16. The van der Waals surface area contributed by atoms with Gasteiger partial charge < -0.3 is 10.6 Å². The predicted octanol–water partition coefficient (Wildman–Crippen LogP) is 2.33. The van der Waals surface area contributed by atoms with Gasteiger partial charge in [-0.3, -0.25) is 0 Å². The van der Waals surface area contributed by atoms with Gasteiger partial charge in [-0.2, -0.15) is 5.10 Å². The Kier molecular flexibility index (Phi) is 4.17. The highest BCUT2D eigenvalue weighted by atomic mass is 15.2. The molecule has 0 radical (unpaired) electrons. The molecular weight excluding hydrogens is 224 g/mol. The molecule has 1 saturated heterocycles. The Morgan fingerprint density at radius 1 is 1.28 bits per heavy atom. The zero-order valence-electron chi connectivity index (χ0n) is 11.7. The van der Waals surface area contributed by atoms with Crippen LogP contribution in [-0.4, -0.2) is 29.3 Å². The lowest BCUT2D eigenvalue weighted by Gasteiger charge is -2.24. The SMILES string of the molecule is CC(C)(C)c1ccc(NCC2CCCCN2)nn1. The van der Waals surface area contributed by atoms with Crippen LogP contribution < -0.4 is 10.6 Å². The van der Waals surface area contributed by atoms with Crippen LogP contribution in [-0.2, 0) is 5.41 Å². The number of anilines is 1. The van der Waals surface area contributed by atoms with Crippen LogP contribution in [0.25, 0.3) is 0 Å². The Balaban J connectivity index is 1.86. The first-order chi connectivity index (χ1) is 8.55. The van der Waals surface area contributed by atoms with Gasteiger partial charge in [0.1, 0.15) is 5.82 Å². The Morgan fingerprint density at radius 2 is 2.11 bits per heavy atom. The van der Waals surface area contributed by atoms with Gasteiger partial charge in [0, 0.05) is 18.0 Å². The Morgan fingerprint density at radius 3 is 2.67 bits per heavy atom. The molecule has 1 aromatic rings. The third-order valence-electron chi connectivity index (χ3n) is 3.37. The molecular formula is C14H24N4. The summed E-state index contributed by atoms with van der Waals surface area (Å²) in [4.78, 5) is 0. The maximum Gasteiger partial charge on any atom is 0.148 e. The molecule has 0 aliphatic carbocycles. The second kappa shape index (κ2) is 5.65. The van der Waals surface area contributed by atoms with Gasteiger partial charge in [0.2, 0.25) is 0 Å². The van der Waals surface area contributed by atoms with Gasteiger partial charge in [-0.1, -0.05) is 27.2 Å². The maximum atomic E-state index is 4.28. The van der Waals surface area contributed by atoms with Crippen LogP contribution >= 0.6 is 0 Å². The average Bonchev–Trinajstić information content (AvgIpc) is 2.37. The average molecular weight is 248 g/mol. The van der Waals surface area contributed by atoms with E-state index in [4.69, 9.17) is 0 Å². The van der Waals surface area contributed by atoms with Gasteiger partial charge in [-0.05, 0) is 31.5 Å². The van der Waals surface area contributed by atoms with Crippen molar-refractivity contribution in [3.63, 3.8) is 0 Å². The molecule has 0 bridgehead atoms. The van der Waals surface area contributed by atoms with E-state index < -0.39 is 0 Å². The minimum atomic E-state index is 0.0659. The number of piperidine rings is 1. The molecule has 4 heteroatoms. The van der Waals surface area contributed by atoms with E-state index in [1.165, 1.54) is 19.3 Å². The van der Waals surface area contributed by atoms with Gasteiger partial charge in [0.15, 0.2) is 0 Å². The highest BCUT2D eigenvalue weighted by Gasteiger charge is 2.16. The van der Waals surface area contributed by atoms with Crippen LogP contribution in [0.5, 0.6) is 0 Å². The second-order valence-corrected chi connectivity index (χ2v) is 6.08. The summed E-state index contributed by atoms with van der Waals surface area (Å²) in [6.07, 6.45) is 3.88. The van der Waals surface area contributed by atoms with E-state index in [0.717, 1.165) is 24.6 Å². The van der Waals surface area contributed by atoms with Crippen LogP contribution in [0.2, 0.25) is 0 Å². The van der Waals surface area contributed by atoms with Crippen LogP contribution in [0.3, 0.4) is 0 Å². The van der Waals surface area contributed by atoms with E-state index in [0.29, 0.717) is 6.04 Å². The predicted molar refractivity (Wildman–Crippen MR) is 74.9 cm³/mol. The summed E-state index contributed by atoms with van der Waals surface area (Å²) < 4.78 is 0. The fourth-order valence-electron chi connectivity index (χ4n) is 2.15. The first kappa shape index (κ1) is 13.3. The summed E-state index contributed by atoms with van der Waals surface area (Å²) in [5, 5.41) is 15.4. The molecule has 0 saturated carbocycles. The van der Waals surface area contributed by atoms with Gasteiger partial charge >= 0.3 is 0 Å². The van der Waals surface area contributed by atoms with Crippen molar-refractivity contribution in [2.24, 2.45) is 0 Å². The molecule has 1 aromatic heterocycles. The Bertz CT molecular complexity index is 360. The summed E-state index contributed by atoms with van der Waals surface area (Å²) in [5.74, 6) is 0.871. The number of hydrogen-bond acceptors (Lipinski definition) is 4. The van der Waals surface area contributed by atoms with Crippen molar-refractivity contribution in [1.29, 1.82) is 0 Å². The molecule has 1 aliphatic heterocycles. The zero-order chi connectivity index (χ0) is 13.0. The molecule has 1 aliphatic rings. The highest BCUT2D eigenvalue weighted by Crippen LogP contribution is 2.19. The van der Waals surface area contributed by atoms with Crippen molar-refractivity contribution in [2.45, 2.75) is 51.5 Å². The maximum absolute atomic E-state index is 4.28. The van der Waals surface area contributed by atoms with E-state index in [1.54, 1.807) is 0 Å². The fourth-order valence-corrected chi connectivity index (χ4v) is 2.15. The molecule has 2 heterocycles. The number of aromatic nitrogens is 2. The van der Waals surface area contributed by atoms with Crippen LogP contribution in [0.4, 0.5) is 5.82 Å². The summed E-state index contributed by atoms with van der Waals surface area (Å²) in [6, 6.07) is 4.66. The van der Waals surface area contributed by atoms with Crippen LogP contribution in [0.15, 0.2) is 12.1 Å². The third kappa shape index (κ3) is 3.67. The van der Waals surface area contributed by atoms with Crippen molar-refractivity contribution in [1.82, 2.24) is 15.5 Å². The number of rotatable bonds is 3. The molecule has 0 aromatic carbocycles. The number of nitrogens with zero attached hydrogens (tertiary/aromatic N) is 2. The number of hydrogen-bond donors (Lipinski definition) is 2. The van der Waals surface area contributed by atoms with E-state index in [1.807, 2.05) is 6.07 Å². The first-order valence-corrected chi connectivity index (χ1v) is 6.87. The molecule has 18 heavy (non-hydrogen) atoms. The largest absolute Gasteiger partial charge is 0.367 e. The fraction of sp³-hybridized carbons (Fsp3) is 0.714. The smallest absolute Gasteiger partial charge is 0.148 e. The molecule has 2 rings (SSSR count). The molecule has 1 fully saturated rings. The summed E-state index contributed by atoms with van der Waals surface area (Å²) in [7, 11) is 0. The zero-order valence-corrected chi connectivity index (χ0v) is 11.7. The van der Waals surface area contributed by atoms with Crippen molar-refractivity contribution in [2.75, 3.05) is 18.4 Å². The lowest BCUT2D eigenvalue weighted by atomic mass is 9.92. The molecule has 0 amide bonds. The monoisotopic (exact) mass is 248 g/mol. The highest BCUT2D eigenvalue weighted by molar-refractivity contribution is 5.34. The first-order valence-electron chi connectivity index (χ1n) is 6.87. The summed E-state index contributed by atoms with van der Waals surface area (Å²) >= 11 is 0. The molecule has 2 N–H and O–H groups in total. The molecule has 4 nitrogen and oxygen atoms in total. The van der Waals surface area contributed by atoms with E-state index in [2.05, 4.69) is 47.7 Å². The van der Waals surface area contributed by atoms with E-state index in [-0.39, 0.29) is 5.41 Å². The molecule has 0 spiro atoms. The standard InChI is InChI=1S/C14H24N4/c1-14(2,3)12-7-8-13(18-17-12)16-10-11-6-4-5-9-15-11/h7-8,11,15H,4-6,9-10H2,1-3H3,(H,16,18). The minimum Gasteiger partial charge on any atom is -0.367 e. The number of nitrogens with one attached hydrogen (secondary N) is 2. The third-order valence-corrected chi connectivity index (χ3v) is 3.37. The molecule has 1 atom stereocenters. The van der Waals surface area contributed by atoms with Gasteiger partial charge in [0.05, 0.1) is 5.69 Å². The van der Waals surface area contributed by atoms with E-state index in [9.17, 15) is 0 Å². The van der Waals surface area contributed by atoms with Gasteiger partial charge in [-0.25, -0.2) is 0 Å². The van der Waals surface area contributed by atoms with Crippen molar-refractivity contribution < 1.29 is 0 Å². The van der Waals surface area contributed by atoms with E-state index >= 15 is 0 Å². The van der Waals surface area contributed by atoms with Gasteiger partial charge in [-0.15, -0.1) is 5.10 Å². The normalized spacial score (nSPS) is 20.7. The topological polar surface area (TPSA) is 49.8 Å². The summed E-state index contributed by atoms with van der Waals surface area (Å²) in [6.45, 7) is 8.52. The molecule has 1 unspecified atom stereocenters. The van der Waals surface area contributed by atoms with Crippen molar-refractivity contribution >= 4 is 5.82 Å². The lowest BCUT2D eigenvalue weighted by Crippen LogP contribution is -2.39.